The van der Waals surface area contributed by atoms with Crippen LogP contribution in [0.15, 0.2) is 64.7 Å². The number of hydrogen-bond acceptors (Lipinski definition) is 4. The number of H-pyrrole nitrogens is 1. The molecule has 7 heteroatoms. The van der Waals surface area contributed by atoms with E-state index in [-0.39, 0.29) is 17.1 Å². The molecular weight excluding hydrogens is 408 g/mol. The van der Waals surface area contributed by atoms with Crippen molar-refractivity contribution in [2.75, 3.05) is 25.4 Å². The van der Waals surface area contributed by atoms with E-state index < -0.39 is 0 Å². The van der Waals surface area contributed by atoms with Gasteiger partial charge in [-0.25, -0.2) is 4.98 Å². The lowest BCUT2D eigenvalue weighted by Crippen LogP contribution is -3.11. The van der Waals surface area contributed by atoms with Crippen molar-refractivity contribution in [1.29, 1.82) is 0 Å². The molecule has 0 radical (unpaired) electrons. The minimum atomic E-state index is -0.0424. The first-order valence-corrected chi connectivity index (χ1v) is 11.7. The number of thioether (sulfide) groups is 1. The van der Waals surface area contributed by atoms with Gasteiger partial charge in [0.25, 0.3) is 5.56 Å². The number of benzene rings is 2. The molecule has 0 amide bonds. The third-order valence-electron chi connectivity index (χ3n) is 5.74. The highest BCUT2D eigenvalue weighted by Gasteiger charge is 2.17. The number of nitrogens with one attached hydrogen (secondary N) is 2. The van der Waals surface area contributed by atoms with Crippen molar-refractivity contribution in [3.05, 3.63) is 70.6 Å². The maximum atomic E-state index is 13.2. The first-order valence-electron chi connectivity index (χ1n) is 10.7. The summed E-state index contributed by atoms with van der Waals surface area (Å²) in [6.07, 6.45) is 1.76. The molecule has 0 bridgehead atoms. The van der Waals surface area contributed by atoms with Gasteiger partial charge < -0.3 is 9.88 Å². The third-order valence-corrected chi connectivity index (χ3v) is 6.71. The van der Waals surface area contributed by atoms with Crippen LogP contribution in [0, 0.1) is 0 Å². The van der Waals surface area contributed by atoms with Crippen LogP contribution >= 0.6 is 11.8 Å². The molecule has 4 aromatic rings. The summed E-state index contributed by atoms with van der Waals surface area (Å²) in [5.74, 6) is 0.246. The summed E-state index contributed by atoms with van der Waals surface area (Å²) >= 11 is 1.34. The quantitative estimate of drug-likeness (QED) is 0.241. The van der Waals surface area contributed by atoms with Crippen molar-refractivity contribution < 1.29 is 9.69 Å². The molecule has 160 valence electrons. The number of likely N-dealkylation sites (N-methyl/N-ethyl adjacent to an activating group) is 1. The van der Waals surface area contributed by atoms with Crippen LogP contribution in [0.2, 0.25) is 0 Å². The van der Waals surface area contributed by atoms with Crippen LogP contribution in [0.3, 0.4) is 0 Å². The number of aromatic nitrogens is 3. The average molecular weight is 436 g/mol. The number of carbonyl (C=O) groups is 1. The Balaban J connectivity index is 1.63. The van der Waals surface area contributed by atoms with Gasteiger partial charge in [-0.3, -0.25) is 14.2 Å². The minimum absolute atomic E-state index is 0.0192. The molecule has 2 aromatic heterocycles. The fourth-order valence-electron chi connectivity index (χ4n) is 3.84. The van der Waals surface area contributed by atoms with Crippen molar-refractivity contribution in [2.45, 2.75) is 25.5 Å². The molecule has 0 fully saturated rings. The third kappa shape index (κ3) is 4.43. The Hall–Kier alpha value is -2.90. The summed E-state index contributed by atoms with van der Waals surface area (Å²) in [6.45, 7) is 7.74. The standard InChI is InChI=1S/C24H26N4O2S/c1-3-27(4-2)13-14-28-23(30)18-10-6-8-12-21(18)26-24(28)31-16-22(29)19-15-25-20-11-7-5-9-17(19)20/h5-12,15,25H,3-4,13-14,16H2,1-2H3/p+1. The first kappa shape index (κ1) is 21.3. The number of hydrogen-bond donors (Lipinski definition) is 2. The zero-order chi connectivity index (χ0) is 21.8. The summed E-state index contributed by atoms with van der Waals surface area (Å²) in [7, 11) is 0. The molecule has 0 saturated carbocycles. The predicted molar refractivity (Wildman–Crippen MR) is 126 cm³/mol. The van der Waals surface area contributed by atoms with E-state index in [1.807, 2.05) is 48.5 Å². The van der Waals surface area contributed by atoms with Crippen LogP contribution < -0.4 is 10.5 Å². The molecule has 0 unspecified atom stereocenters. The van der Waals surface area contributed by atoms with E-state index in [4.69, 9.17) is 4.98 Å². The van der Waals surface area contributed by atoms with Crippen molar-refractivity contribution in [3.8, 4) is 0 Å². The molecule has 31 heavy (non-hydrogen) atoms. The molecule has 6 nitrogen and oxygen atoms in total. The van der Waals surface area contributed by atoms with Crippen LogP contribution in [0.1, 0.15) is 24.2 Å². The summed E-state index contributed by atoms with van der Waals surface area (Å²) in [4.78, 5) is 35.5. The molecule has 0 aliphatic heterocycles. The highest BCUT2D eigenvalue weighted by molar-refractivity contribution is 7.99. The van der Waals surface area contributed by atoms with Crippen LogP contribution in [-0.4, -0.2) is 45.7 Å². The Kier molecular flexibility index (Phi) is 6.53. The Morgan fingerprint density at radius 3 is 2.55 bits per heavy atom. The lowest BCUT2D eigenvalue weighted by atomic mass is 10.1. The van der Waals surface area contributed by atoms with Crippen LogP contribution in [-0.2, 0) is 6.54 Å². The summed E-state index contributed by atoms with van der Waals surface area (Å²) in [5, 5.41) is 2.13. The lowest BCUT2D eigenvalue weighted by Gasteiger charge is -2.18. The summed E-state index contributed by atoms with van der Waals surface area (Å²) in [6, 6.07) is 15.2. The van der Waals surface area contributed by atoms with E-state index in [0.717, 1.165) is 30.5 Å². The van der Waals surface area contributed by atoms with Gasteiger partial charge in [0.2, 0.25) is 0 Å². The maximum absolute atomic E-state index is 13.2. The number of rotatable bonds is 9. The number of carbonyl (C=O) groups excluding carboxylic acids is 1. The second-order valence-electron chi connectivity index (χ2n) is 7.54. The lowest BCUT2D eigenvalue weighted by molar-refractivity contribution is -0.897. The van der Waals surface area contributed by atoms with Crippen LogP contribution in [0.4, 0.5) is 0 Å². The molecule has 4 rings (SSSR count). The highest BCUT2D eigenvalue weighted by Crippen LogP contribution is 2.23. The van der Waals surface area contributed by atoms with E-state index in [9.17, 15) is 9.59 Å². The van der Waals surface area contributed by atoms with Gasteiger partial charge in [0.15, 0.2) is 10.9 Å². The second kappa shape index (κ2) is 9.49. The predicted octanol–water partition coefficient (Wildman–Crippen LogP) is 2.78. The number of quaternary nitrogens is 1. The van der Waals surface area contributed by atoms with E-state index in [0.29, 0.717) is 28.2 Å². The topological polar surface area (TPSA) is 72.2 Å². The average Bonchev–Trinajstić information content (AvgIpc) is 3.24. The fraction of sp³-hybridized carbons (Fsp3) is 0.292. The smallest absolute Gasteiger partial charge is 0.262 e. The number of aromatic amines is 1. The van der Waals surface area contributed by atoms with E-state index in [1.165, 1.54) is 16.7 Å². The largest absolute Gasteiger partial charge is 0.360 e. The Morgan fingerprint density at radius 2 is 1.77 bits per heavy atom. The van der Waals surface area contributed by atoms with Crippen molar-refractivity contribution in [3.63, 3.8) is 0 Å². The van der Waals surface area contributed by atoms with Crippen LogP contribution in [0.25, 0.3) is 21.8 Å². The van der Waals surface area contributed by atoms with Gasteiger partial charge in [0.05, 0.1) is 42.8 Å². The maximum Gasteiger partial charge on any atom is 0.262 e. The summed E-state index contributed by atoms with van der Waals surface area (Å²) < 4.78 is 1.74. The molecule has 0 spiro atoms. The number of para-hydroxylation sites is 2. The first-order chi connectivity index (χ1) is 15.1. The normalized spacial score (nSPS) is 11.6. The van der Waals surface area contributed by atoms with Gasteiger partial charge in [-0.15, -0.1) is 0 Å². The van der Waals surface area contributed by atoms with E-state index in [1.54, 1.807) is 10.8 Å². The van der Waals surface area contributed by atoms with Gasteiger partial charge in [0, 0.05) is 22.7 Å². The number of nitrogens with zero attached hydrogens (tertiary/aromatic N) is 2. The molecular formula is C24H27N4O2S+. The van der Waals surface area contributed by atoms with Gasteiger partial charge >= 0.3 is 0 Å². The van der Waals surface area contributed by atoms with E-state index in [2.05, 4.69) is 18.8 Å². The molecule has 0 saturated heterocycles. The Morgan fingerprint density at radius 1 is 1.06 bits per heavy atom. The van der Waals surface area contributed by atoms with Crippen molar-refractivity contribution >= 4 is 39.4 Å². The Labute approximate surface area is 185 Å². The fourth-order valence-corrected chi connectivity index (χ4v) is 4.75. The number of fused-ring (bicyclic) bond motifs is 2. The van der Waals surface area contributed by atoms with Gasteiger partial charge in [-0.05, 0) is 32.0 Å². The van der Waals surface area contributed by atoms with Crippen molar-refractivity contribution in [2.24, 2.45) is 0 Å². The monoisotopic (exact) mass is 435 g/mol. The van der Waals surface area contributed by atoms with Gasteiger partial charge in [-0.1, -0.05) is 42.1 Å². The Bertz CT molecular complexity index is 1270. The zero-order valence-electron chi connectivity index (χ0n) is 17.9. The van der Waals surface area contributed by atoms with Gasteiger partial charge in [0.1, 0.15) is 0 Å². The second-order valence-corrected chi connectivity index (χ2v) is 8.48. The SMILES string of the molecule is CC[NH+](CC)CCn1c(SCC(=O)c2c[nH]c3ccccc23)nc2ccccc2c1=O. The molecule has 0 aliphatic carbocycles. The molecule has 2 N–H and O–H groups in total. The van der Waals surface area contributed by atoms with Crippen molar-refractivity contribution in [1.82, 2.24) is 14.5 Å². The molecule has 2 aromatic carbocycles. The molecule has 0 atom stereocenters. The number of Topliss-reactive ketones (excluding diaryl/α,β-unsaturated/α-hetero) is 1. The molecule has 0 aliphatic rings. The van der Waals surface area contributed by atoms with E-state index >= 15 is 0 Å². The minimum Gasteiger partial charge on any atom is -0.360 e. The highest BCUT2D eigenvalue weighted by atomic mass is 32.2. The number of ketones is 1. The van der Waals surface area contributed by atoms with Gasteiger partial charge in [-0.2, -0.15) is 0 Å². The summed E-state index contributed by atoms with van der Waals surface area (Å²) in [5.41, 5.74) is 2.24. The zero-order valence-corrected chi connectivity index (χ0v) is 18.7. The molecule has 2 heterocycles. The van der Waals surface area contributed by atoms with Crippen LogP contribution in [0.5, 0.6) is 0 Å².